The number of nitrogens with zero attached hydrogens (tertiary/aromatic N) is 2. The summed E-state index contributed by atoms with van der Waals surface area (Å²) < 4.78 is 5.41. The number of ketones is 1. The van der Waals surface area contributed by atoms with Gasteiger partial charge in [-0.3, -0.25) is 4.79 Å². The van der Waals surface area contributed by atoms with Crippen molar-refractivity contribution in [3.63, 3.8) is 0 Å². The molecule has 100 valence electrons. The van der Waals surface area contributed by atoms with E-state index in [1.807, 2.05) is 18.2 Å². The maximum absolute atomic E-state index is 12.0. The fourth-order valence-corrected chi connectivity index (χ4v) is 2.09. The van der Waals surface area contributed by atoms with Crippen molar-refractivity contribution >= 4 is 17.0 Å². The minimum Gasteiger partial charge on any atom is -0.432 e. The van der Waals surface area contributed by atoms with E-state index in [-0.39, 0.29) is 11.7 Å². The number of rotatable bonds is 5. The summed E-state index contributed by atoms with van der Waals surface area (Å²) in [6.07, 6.45) is 3.73. The topological polar surface area (TPSA) is 56.0 Å². The standard InChI is InChI=1S/C16H14N2O2/c19-13(9-4-8-12-6-2-1-3-7-12)16-18-15-14(20-16)10-5-11-17-15/h1-3,5-7,10-11H,4,8-9H2. The van der Waals surface area contributed by atoms with Crippen molar-refractivity contribution in [3.8, 4) is 0 Å². The summed E-state index contributed by atoms with van der Waals surface area (Å²) in [4.78, 5) is 20.2. The first-order valence-corrected chi connectivity index (χ1v) is 6.61. The van der Waals surface area contributed by atoms with Crippen LogP contribution in [0.3, 0.4) is 0 Å². The number of Topliss-reactive ketones (excluding diaryl/α,β-unsaturated/α-hetero) is 1. The third kappa shape index (κ3) is 2.74. The third-order valence-electron chi connectivity index (χ3n) is 3.12. The van der Waals surface area contributed by atoms with Crippen LogP contribution in [0.1, 0.15) is 29.1 Å². The molecule has 4 heteroatoms. The summed E-state index contributed by atoms with van der Waals surface area (Å²) in [7, 11) is 0. The molecule has 0 aliphatic heterocycles. The molecule has 3 rings (SSSR count). The predicted octanol–water partition coefficient (Wildman–Crippen LogP) is 3.43. The van der Waals surface area contributed by atoms with Crippen molar-refractivity contribution in [1.29, 1.82) is 0 Å². The number of pyridine rings is 1. The van der Waals surface area contributed by atoms with Gasteiger partial charge in [-0.15, -0.1) is 0 Å². The monoisotopic (exact) mass is 266 g/mol. The summed E-state index contributed by atoms with van der Waals surface area (Å²) in [5.41, 5.74) is 2.28. The van der Waals surface area contributed by atoms with E-state index in [9.17, 15) is 4.79 Å². The van der Waals surface area contributed by atoms with Crippen LogP contribution in [-0.4, -0.2) is 15.8 Å². The van der Waals surface area contributed by atoms with Crippen LogP contribution in [0.5, 0.6) is 0 Å². The van der Waals surface area contributed by atoms with Crippen LogP contribution in [0.15, 0.2) is 53.1 Å². The van der Waals surface area contributed by atoms with Gasteiger partial charge in [0, 0.05) is 12.6 Å². The van der Waals surface area contributed by atoms with Gasteiger partial charge in [0.05, 0.1) is 0 Å². The molecule has 0 aliphatic rings. The van der Waals surface area contributed by atoms with Crippen molar-refractivity contribution in [1.82, 2.24) is 9.97 Å². The third-order valence-corrected chi connectivity index (χ3v) is 3.12. The molecule has 0 fully saturated rings. The van der Waals surface area contributed by atoms with E-state index in [0.29, 0.717) is 17.7 Å². The first kappa shape index (κ1) is 12.5. The molecule has 0 aliphatic carbocycles. The molecule has 1 aromatic carbocycles. The first-order chi connectivity index (χ1) is 9.83. The summed E-state index contributed by atoms with van der Waals surface area (Å²) in [5.74, 6) is 0.0886. The minimum atomic E-state index is -0.0704. The SMILES string of the molecule is O=C(CCCc1ccccc1)c1nc2ncccc2o1. The van der Waals surface area contributed by atoms with Gasteiger partial charge in [-0.1, -0.05) is 30.3 Å². The molecule has 2 aromatic heterocycles. The van der Waals surface area contributed by atoms with Crippen LogP contribution in [0.2, 0.25) is 0 Å². The Balaban J connectivity index is 1.61. The van der Waals surface area contributed by atoms with E-state index in [1.165, 1.54) is 5.56 Å². The van der Waals surface area contributed by atoms with Crippen LogP contribution >= 0.6 is 0 Å². The van der Waals surface area contributed by atoms with E-state index in [2.05, 4.69) is 22.1 Å². The van der Waals surface area contributed by atoms with E-state index in [0.717, 1.165) is 12.8 Å². The zero-order valence-electron chi connectivity index (χ0n) is 11.0. The minimum absolute atomic E-state index is 0.0704. The number of hydrogen-bond donors (Lipinski definition) is 0. The Morgan fingerprint density at radius 2 is 1.95 bits per heavy atom. The van der Waals surface area contributed by atoms with Gasteiger partial charge in [0.1, 0.15) is 0 Å². The number of fused-ring (bicyclic) bond motifs is 1. The zero-order valence-corrected chi connectivity index (χ0v) is 11.0. The molecule has 20 heavy (non-hydrogen) atoms. The van der Waals surface area contributed by atoms with Gasteiger partial charge in [0.15, 0.2) is 11.2 Å². The highest BCUT2D eigenvalue weighted by molar-refractivity contribution is 5.93. The highest BCUT2D eigenvalue weighted by atomic mass is 16.4. The lowest BCUT2D eigenvalue weighted by molar-refractivity contribution is 0.0949. The van der Waals surface area contributed by atoms with Gasteiger partial charge in [-0.25, -0.2) is 4.98 Å². The Hall–Kier alpha value is -2.49. The number of carbonyl (C=O) groups is 1. The van der Waals surface area contributed by atoms with E-state index < -0.39 is 0 Å². The Bertz CT molecular complexity index is 686. The second-order valence-corrected chi connectivity index (χ2v) is 4.61. The van der Waals surface area contributed by atoms with Gasteiger partial charge < -0.3 is 4.42 Å². The Kier molecular flexibility index (Phi) is 3.54. The molecule has 2 heterocycles. The molecular weight excluding hydrogens is 252 g/mol. The van der Waals surface area contributed by atoms with Crippen molar-refractivity contribution in [2.45, 2.75) is 19.3 Å². The van der Waals surface area contributed by atoms with Crippen LogP contribution < -0.4 is 0 Å². The summed E-state index contributed by atoms with van der Waals surface area (Å²) in [6, 6.07) is 13.6. The second kappa shape index (κ2) is 5.65. The second-order valence-electron chi connectivity index (χ2n) is 4.61. The average molecular weight is 266 g/mol. The summed E-state index contributed by atoms with van der Waals surface area (Å²) in [5, 5.41) is 0. The molecule has 0 radical (unpaired) electrons. The molecule has 0 spiro atoms. The molecule has 0 amide bonds. The lowest BCUT2D eigenvalue weighted by atomic mass is 10.1. The van der Waals surface area contributed by atoms with E-state index >= 15 is 0 Å². The number of benzene rings is 1. The molecular formula is C16H14N2O2. The van der Waals surface area contributed by atoms with Crippen LogP contribution in [0.25, 0.3) is 11.2 Å². The van der Waals surface area contributed by atoms with Crippen LogP contribution in [0, 0.1) is 0 Å². The van der Waals surface area contributed by atoms with Crippen LogP contribution in [-0.2, 0) is 6.42 Å². The predicted molar refractivity (Wildman–Crippen MR) is 75.5 cm³/mol. The van der Waals surface area contributed by atoms with E-state index in [4.69, 9.17) is 4.42 Å². The highest BCUT2D eigenvalue weighted by Gasteiger charge is 2.14. The number of aryl methyl sites for hydroxylation is 1. The summed E-state index contributed by atoms with van der Waals surface area (Å²) >= 11 is 0. The summed E-state index contributed by atoms with van der Waals surface area (Å²) in [6.45, 7) is 0. The molecule has 0 atom stereocenters. The largest absolute Gasteiger partial charge is 0.432 e. The van der Waals surface area contributed by atoms with Gasteiger partial charge >= 0.3 is 0 Å². The average Bonchev–Trinajstić information content (AvgIpc) is 2.92. The number of oxazole rings is 1. The molecule has 0 saturated heterocycles. The quantitative estimate of drug-likeness (QED) is 0.664. The smallest absolute Gasteiger partial charge is 0.265 e. The molecule has 0 bridgehead atoms. The zero-order chi connectivity index (χ0) is 13.8. The fourth-order valence-electron chi connectivity index (χ4n) is 2.09. The van der Waals surface area contributed by atoms with Crippen molar-refractivity contribution in [2.75, 3.05) is 0 Å². The van der Waals surface area contributed by atoms with Gasteiger partial charge in [0.25, 0.3) is 5.89 Å². The lowest BCUT2D eigenvalue weighted by Crippen LogP contribution is -2.00. The Morgan fingerprint density at radius 1 is 1.10 bits per heavy atom. The first-order valence-electron chi connectivity index (χ1n) is 6.61. The number of aromatic nitrogens is 2. The van der Waals surface area contributed by atoms with Gasteiger partial charge in [0.2, 0.25) is 5.78 Å². The number of carbonyl (C=O) groups excluding carboxylic acids is 1. The van der Waals surface area contributed by atoms with Gasteiger partial charge in [-0.05, 0) is 30.5 Å². The van der Waals surface area contributed by atoms with Gasteiger partial charge in [-0.2, -0.15) is 4.98 Å². The maximum atomic E-state index is 12.0. The molecule has 0 unspecified atom stereocenters. The molecule has 3 aromatic rings. The number of hydrogen-bond acceptors (Lipinski definition) is 4. The molecule has 0 saturated carbocycles. The van der Waals surface area contributed by atoms with Crippen molar-refractivity contribution < 1.29 is 9.21 Å². The normalized spacial score (nSPS) is 10.8. The fraction of sp³-hybridized carbons (Fsp3) is 0.188. The maximum Gasteiger partial charge on any atom is 0.265 e. The Morgan fingerprint density at radius 3 is 2.75 bits per heavy atom. The van der Waals surface area contributed by atoms with Crippen molar-refractivity contribution in [3.05, 3.63) is 60.1 Å². The van der Waals surface area contributed by atoms with Crippen molar-refractivity contribution in [2.24, 2.45) is 0 Å². The van der Waals surface area contributed by atoms with Crippen LogP contribution in [0.4, 0.5) is 0 Å². The van der Waals surface area contributed by atoms with E-state index in [1.54, 1.807) is 18.3 Å². The highest BCUT2D eigenvalue weighted by Crippen LogP contribution is 2.15. The Labute approximate surface area is 116 Å². The lowest BCUT2D eigenvalue weighted by Gasteiger charge is -1.99. The molecule has 4 nitrogen and oxygen atoms in total. The molecule has 0 N–H and O–H groups in total.